The maximum Gasteiger partial charge on any atom is 0.243 e. The van der Waals surface area contributed by atoms with E-state index in [1.807, 2.05) is 24.6 Å². The molecular weight excluding hydrogens is 426 g/mol. The van der Waals surface area contributed by atoms with Gasteiger partial charge in [0.25, 0.3) is 0 Å². The average Bonchev–Trinajstić information content (AvgIpc) is 3.22. The summed E-state index contributed by atoms with van der Waals surface area (Å²) in [6.07, 6.45) is 6.66. The van der Waals surface area contributed by atoms with Crippen LogP contribution in [-0.4, -0.2) is 65.3 Å². The molecule has 1 aliphatic heterocycles. The highest BCUT2D eigenvalue weighted by Crippen LogP contribution is 2.39. The van der Waals surface area contributed by atoms with E-state index in [-0.39, 0.29) is 6.10 Å². The zero-order valence-corrected chi connectivity index (χ0v) is 20.5. The molecule has 5 rings (SSSR count). The number of anilines is 1. The predicted octanol–water partition coefficient (Wildman–Crippen LogP) is 4.96. The van der Waals surface area contributed by atoms with Gasteiger partial charge in [-0.25, -0.2) is 9.67 Å². The smallest absolute Gasteiger partial charge is 0.243 e. The molecule has 3 heterocycles. The van der Waals surface area contributed by atoms with Crippen molar-refractivity contribution in [1.29, 1.82) is 0 Å². The Labute approximate surface area is 201 Å². The molecule has 1 saturated carbocycles. The van der Waals surface area contributed by atoms with Gasteiger partial charge in [-0.05, 0) is 57.5 Å². The van der Waals surface area contributed by atoms with Crippen LogP contribution >= 0.6 is 0 Å². The summed E-state index contributed by atoms with van der Waals surface area (Å²) in [6, 6.07) is 10.8. The minimum Gasteiger partial charge on any atom is -0.473 e. The van der Waals surface area contributed by atoms with Crippen LogP contribution in [0.1, 0.15) is 62.5 Å². The van der Waals surface area contributed by atoms with Crippen LogP contribution in [-0.2, 0) is 0 Å². The summed E-state index contributed by atoms with van der Waals surface area (Å²) >= 11 is 0. The summed E-state index contributed by atoms with van der Waals surface area (Å²) in [5.74, 6) is 0.610. The van der Waals surface area contributed by atoms with E-state index in [9.17, 15) is 4.79 Å². The zero-order valence-electron chi connectivity index (χ0n) is 20.5. The number of fused-ring (bicyclic) bond motifs is 1. The van der Waals surface area contributed by atoms with Crippen molar-refractivity contribution in [2.75, 3.05) is 38.1 Å². The van der Waals surface area contributed by atoms with Gasteiger partial charge in [-0.1, -0.05) is 31.4 Å². The van der Waals surface area contributed by atoms with Gasteiger partial charge in [0.2, 0.25) is 5.88 Å². The van der Waals surface area contributed by atoms with E-state index in [4.69, 9.17) is 14.8 Å². The molecule has 0 atom stereocenters. The molecule has 0 unspecified atom stereocenters. The van der Waals surface area contributed by atoms with Crippen LogP contribution < -0.4 is 9.64 Å². The molecule has 3 aromatic rings. The first-order valence-electron chi connectivity index (χ1n) is 12.6. The third kappa shape index (κ3) is 4.53. The van der Waals surface area contributed by atoms with Crippen LogP contribution in [0.25, 0.3) is 22.2 Å². The first-order valence-corrected chi connectivity index (χ1v) is 12.6. The molecule has 1 aromatic carbocycles. The molecule has 1 aliphatic carbocycles. The van der Waals surface area contributed by atoms with Crippen molar-refractivity contribution in [3.8, 4) is 17.0 Å². The molecule has 0 spiro atoms. The van der Waals surface area contributed by atoms with Gasteiger partial charge in [0.1, 0.15) is 5.69 Å². The number of hydrogen-bond acceptors (Lipinski definition) is 6. The third-order valence-corrected chi connectivity index (χ3v) is 7.08. The van der Waals surface area contributed by atoms with Crippen LogP contribution in [0.4, 0.5) is 5.69 Å². The molecule has 7 nitrogen and oxygen atoms in total. The lowest BCUT2D eigenvalue weighted by Crippen LogP contribution is -2.44. The Morgan fingerprint density at radius 2 is 1.74 bits per heavy atom. The Morgan fingerprint density at radius 3 is 2.38 bits per heavy atom. The quantitative estimate of drug-likeness (QED) is 0.484. The second-order valence-electron chi connectivity index (χ2n) is 9.96. The molecule has 0 radical (unpaired) electrons. The predicted molar refractivity (Wildman–Crippen MR) is 136 cm³/mol. The van der Waals surface area contributed by atoms with Crippen LogP contribution in [0.15, 0.2) is 30.3 Å². The summed E-state index contributed by atoms with van der Waals surface area (Å²) in [5, 5.41) is 5.82. The molecule has 0 amide bonds. The first-order chi connectivity index (χ1) is 16.5. The van der Waals surface area contributed by atoms with E-state index in [1.54, 1.807) is 0 Å². The van der Waals surface area contributed by atoms with Crippen molar-refractivity contribution in [2.45, 2.75) is 58.1 Å². The van der Waals surface area contributed by atoms with Crippen LogP contribution in [0.5, 0.6) is 5.88 Å². The summed E-state index contributed by atoms with van der Waals surface area (Å²) < 4.78 is 8.22. The van der Waals surface area contributed by atoms with E-state index in [1.165, 1.54) is 24.9 Å². The second-order valence-corrected chi connectivity index (χ2v) is 9.96. The van der Waals surface area contributed by atoms with Crippen molar-refractivity contribution >= 4 is 23.0 Å². The molecule has 0 bridgehead atoms. The molecule has 0 N–H and O–H groups in total. The summed E-state index contributed by atoms with van der Waals surface area (Å²) in [6.45, 7) is 8.25. The Hall–Kier alpha value is -2.93. The number of ether oxygens (including phenoxy) is 1. The minimum atomic E-state index is -0.00360. The number of benzene rings is 1. The number of rotatable bonds is 6. The number of hydrogen-bond donors (Lipinski definition) is 0. The van der Waals surface area contributed by atoms with Gasteiger partial charge in [-0.15, -0.1) is 5.10 Å². The topological polar surface area (TPSA) is 63.5 Å². The normalized spacial score (nSPS) is 18.1. The van der Waals surface area contributed by atoms with Gasteiger partial charge in [-0.3, -0.25) is 4.79 Å². The zero-order chi connectivity index (χ0) is 23.7. The lowest BCUT2D eigenvalue weighted by atomic mass is 9.95. The maximum atomic E-state index is 11.9. The van der Waals surface area contributed by atoms with Crippen LogP contribution in [0, 0.1) is 0 Å². The van der Waals surface area contributed by atoms with E-state index in [2.05, 4.69) is 41.1 Å². The number of aldehydes is 1. The molecule has 34 heavy (non-hydrogen) atoms. The molecule has 2 aromatic heterocycles. The number of pyridine rings is 1. The molecular formula is C27H35N5O2. The Bertz CT molecular complexity index is 1140. The Morgan fingerprint density at radius 1 is 1.03 bits per heavy atom. The van der Waals surface area contributed by atoms with Crippen LogP contribution in [0.2, 0.25) is 0 Å². The van der Waals surface area contributed by atoms with Gasteiger partial charge < -0.3 is 14.5 Å². The fraction of sp³-hybridized carbons (Fsp3) is 0.519. The Balaban J connectivity index is 1.59. The van der Waals surface area contributed by atoms with Crippen molar-refractivity contribution < 1.29 is 9.53 Å². The van der Waals surface area contributed by atoms with E-state index in [0.717, 1.165) is 67.5 Å². The van der Waals surface area contributed by atoms with Crippen LogP contribution in [0.3, 0.4) is 0 Å². The van der Waals surface area contributed by atoms with Gasteiger partial charge in [0.05, 0.1) is 17.5 Å². The number of piperazine rings is 1. The highest BCUT2D eigenvalue weighted by Gasteiger charge is 2.26. The first kappa shape index (κ1) is 22.8. The summed E-state index contributed by atoms with van der Waals surface area (Å²) in [5.41, 5.74) is 4.42. The average molecular weight is 462 g/mol. The number of carbonyl (C=O) groups excluding carboxylic acids is 1. The summed E-state index contributed by atoms with van der Waals surface area (Å²) in [7, 11) is 2.17. The van der Waals surface area contributed by atoms with E-state index >= 15 is 0 Å². The fourth-order valence-corrected chi connectivity index (χ4v) is 5.21. The van der Waals surface area contributed by atoms with Crippen molar-refractivity contribution in [3.05, 3.63) is 36.0 Å². The number of nitrogens with zero attached hydrogens (tertiary/aromatic N) is 5. The highest BCUT2D eigenvalue weighted by molar-refractivity contribution is 5.99. The molecule has 1 saturated heterocycles. The summed E-state index contributed by atoms with van der Waals surface area (Å²) in [4.78, 5) is 21.4. The fourth-order valence-electron chi connectivity index (χ4n) is 5.21. The Kier molecular flexibility index (Phi) is 6.55. The third-order valence-electron chi connectivity index (χ3n) is 7.08. The van der Waals surface area contributed by atoms with Gasteiger partial charge >= 0.3 is 0 Å². The largest absolute Gasteiger partial charge is 0.473 e. The molecule has 7 heteroatoms. The number of carbonyl (C=O) groups is 1. The van der Waals surface area contributed by atoms with Gasteiger partial charge in [0, 0.05) is 37.4 Å². The van der Waals surface area contributed by atoms with Crippen molar-refractivity contribution in [2.24, 2.45) is 0 Å². The van der Waals surface area contributed by atoms with Crippen molar-refractivity contribution in [1.82, 2.24) is 19.7 Å². The minimum absolute atomic E-state index is 0.00360. The molecule has 2 aliphatic rings. The monoisotopic (exact) mass is 461 g/mol. The van der Waals surface area contributed by atoms with Gasteiger partial charge in [0.15, 0.2) is 11.9 Å². The highest BCUT2D eigenvalue weighted by atomic mass is 16.5. The number of likely N-dealkylation sites (N-methyl/N-ethyl adjacent to an activating group) is 1. The van der Waals surface area contributed by atoms with E-state index in [0.29, 0.717) is 17.6 Å². The standard InChI is InChI=1S/C27H35N5O2/c1-19(2)34-27-25-24(20-9-11-22(12-10-20)31-15-13-30(3)14-16-31)17-21(18-33)28-26(25)32(29-27)23-7-5-4-6-8-23/h9-12,17-19,23H,4-8,13-16H2,1-3H3. The lowest BCUT2D eigenvalue weighted by Gasteiger charge is -2.34. The maximum absolute atomic E-state index is 11.9. The SMILES string of the molecule is CC(C)Oc1nn(C2CCCCC2)c2nc(C=O)cc(-c3ccc(N4CCN(C)CC4)cc3)c12. The van der Waals surface area contributed by atoms with Crippen molar-refractivity contribution in [3.63, 3.8) is 0 Å². The lowest BCUT2D eigenvalue weighted by molar-refractivity contribution is 0.111. The van der Waals surface area contributed by atoms with E-state index < -0.39 is 0 Å². The number of aromatic nitrogens is 3. The van der Waals surface area contributed by atoms with Gasteiger partial charge in [-0.2, -0.15) is 0 Å². The second kappa shape index (κ2) is 9.74. The molecule has 2 fully saturated rings. The molecule has 180 valence electrons.